The molecular weight excluding hydrogens is 219 g/mol. The predicted molar refractivity (Wildman–Crippen MR) is 67.6 cm³/mol. The summed E-state index contributed by atoms with van der Waals surface area (Å²) in [5, 5.41) is 0. The standard InChI is InChI=1S/C15H15O2.Li/c1-16-14-9-8-13(11-15(14)17-2)10-12-6-4-3-5-7-12;/h3-8,11H,10H2,1-2H3;/q-1;+1. The summed E-state index contributed by atoms with van der Waals surface area (Å²) in [6.07, 6.45) is 0.873. The maximum Gasteiger partial charge on any atom is 1.00 e. The molecule has 2 nitrogen and oxygen atoms in total. The smallest absolute Gasteiger partial charge is 0.551 e. The van der Waals surface area contributed by atoms with E-state index in [0.717, 1.165) is 17.7 Å². The van der Waals surface area contributed by atoms with Gasteiger partial charge in [-0.1, -0.05) is 35.9 Å². The summed E-state index contributed by atoms with van der Waals surface area (Å²) in [6, 6.07) is 17.3. The molecule has 0 amide bonds. The molecule has 18 heavy (non-hydrogen) atoms. The van der Waals surface area contributed by atoms with Crippen LogP contribution in [0.4, 0.5) is 0 Å². The van der Waals surface area contributed by atoms with E-state index in [0.29, 0.717) is 5.75 Å². The molecule has 88 valence electrons. The molecule has 0 fully saturated rings. The van der Waals surface area contributed by atoms with Crippen LogP contribution in [0.25, 0.3) is 0 Å². The fraction of sp³-hybridized carbons (Fsp3) is 0.200. The van der Waals surface area contributed by atoms with Crippen molar-refractivity contribution in [2.75, 3.05) is 14.2 Å². The molecule has 2 aromatic carbocycles. The Hall–Kier alpha value is -1.36. The largest absolute Gasteiger partial charge is 1.00 e. The number of rotatable bonds is 4. The summed E-state index contributed by atoms with van der Waals surface area (Å²) < 4.78 is 10.4. The van der Waals surface area contributed by atoms with E-state index in [9.17, 15) is 0 Å². The van der Waals surface area contributed by atoms with Gasteiger partial charge < -0.3 is 9.47 Å². The number of benzene rings is 2. The summed E-state index contributed by atoms with van der Waals surface area (Å²) in [7, 11) is 3.25. The Morgan fingerprint density at radius 2 is 1.72 bits per heavy atom. The van der Waals surface area contributed by atoms with Crippen LogP contribution in [0.3, 0.4) is 0 Å². The zero-order chi connectivity index (χ0) is 12.1. The first-order valence-electron chi connectivity index (χ1n) is 5.50. The molecular formula is C15H15LiO2. The monoisotopic (exact) mass is 234 g/mol. The zero-order valence-electron chi connectivity index (χ0n) is 11.1. The molecule has 0 aliphatic heterocycles. The molecule has 2 aromatic rings. The number of hydrogen-bond donors (Lipinski definition) is 0. The van der Waals surface area contributed by atoms with Crippen LogP contribution < -0.4 is 28.3 Å². The van der Waals surface area contributed by atoms with Gasteiger partial charge in [0.25, 0.3) is 0 Å². The Morgan fingerprint density at radius 1 is 1.00 bits per heavy atom. The van der Waals surface area contributed by atoms with Gasteiger partial charge in [-0.25, -0.2) is 0 Å². The van der Waals surface area contributed by atoms with E-state index >= 15 is 0 Å². The van der Waals surface area contributed by atoms with Gasteiger partial charge in [0.1, 0.15) is 0 Å². The van der Waals surface area contributed by atoms with E-state index < -0.39 is 0 Å². The summed E-state index contributed by atoms with van der Waals surface area (Å²) in [4.78, 5) is 0. The topological polar surface area (TPSA) is 18.5 Å². The molecule has 0 aromatic heterocycles. The molecule has 0 N–H and O–H groups in total. The normalized spacial score (nSPS) is 9.44. The van der Waals surface area contributed by atoms with E-state index in [1.54, 1.807) is 14.2 Å². The first-order chi connectivity index (χ1) is 8.33. The van der Waals surface area contributed by atoms with Crippen LogP contribution >= 0.6 is 0 Å². The minimum atomic E-state index is 0. The molecule has 2 rings (SSSR count). The maximum atomic E-state index is 5.26. The van der Waals surface area contributed by atoms with Crippen molar-refractivity contribution in [1.82, 2.24) is 0 Å². The van der Waals surface area contributed by atoms with Crippen LogP contribution in [-0.4, -0.2) is 14.2 Å². The van der Waals surface area contributed by atoms with Crippen LogP contribution in [0, 0.1) is 6.07 Å². The number of methoxy groups -OCH3 is 2. The summed E-state index contributed by atoms with van der Waals surface area (Å²) in [5.41, 5.74) is 2.43. The molecule has 0 atom stereocenters. The Bertz CT molecular complexity index is 483. The number of ether oxygens (including phenoxy) is 2. The van der Waals surface area contributed by atoms with Crippen LogP contribution in [0.15, 0.2) is 42.5 Å². The zero-order valence-corrected chi connectivity index (χ0v) is 11.1. The van der Waals surface area contributed by atoms with Gasteiger partial charge in [-0.3, -0.25) is 0 Å². The first kappa shape index (κ1) is 14.7. The van der Waals surface area contributed by atoms with E-state index in [4.69, 9.17) is 9.47 Å². The van der Waals surface area contributed by atoms with Crippen LogP contribution in [0.5, 0.6) is 11.5 Å². The quantitative estimate of drug-likeness (QED) is 0.552. The van der Waals surface area contributed by atoms with Gasteiger partial charge in [0.05, 0.1) is 14.2 Å². The van der Waals surface area contributed by atoms with E-state index in [-0.39, 0.29) is 18.9 Å². The van der Waals surface area contributed by atoms with Crippen molar-refractivity contribution in [2.45, 2.75) is 6.42 Å². The van der Waals surface area contributed by atoms with E-state index in [1.807, 2.05) is 30.3 Å². The Kier molecular flexibility index (Phi) is 5.84. The van der Waals surface area contributed by atoms with Gasteiger partial charge in [-0.2, -0.15) is 6.07 Å². The van der Waals surface area contributed by atoms with Gasteiger partial charge in [-0.05, 0) is 6.42 Å². The van der Waals surface area contributed by atoms with E-state index in [2.05, 4.69) is 18.2 Å². The summed E-state index contributed by atoms with van der Waals surface area (Å²) in [5.74, 6) is 1.37. The average molecular weight is 234 g/mol. The number of hydrogen-bond acceptors (Lipinski definition) is 2. The van der Waals surface area contributed by atoms with Crippen molar-refractivity contribution in [1.29, 1.82) is 0 Å². The molecule has 0 spiro atoms. The summed E-state index contributed by atoms with van der Waals surface area (Å²) >= 11 is 0. The van der Waals surface area contributed by atoms with Crippen molar-refractivity contribution < 1.29 is 28.3 Å². The van der Waals surface area contributed by atoms with Gasteiger partial charge in [0.2, 0.25) is 0 Å². The van der Waals surface area contributed by atoms with E-state index in [1.165, 1.54) is 5.56 Å². The minimum Gasteiger partial charge on any atom is -0.551 e. The third-order valence-electron chi connectivity index (χ3n) is 2.60. The Morgan fingerprint density at radius 3 is 2.33 bits per heavy atom. The van der Waals surface area contributed by atoms with Crippen LogP contribution in [0.2, 0.25) is 0 Å². The van der Waals surface area contributed by atoms with Crippen molar-refractivity contribution in [3.8, 4) is 11.5 Å². The first-order valence-corrected chi connectivity index (χ1v) is 5.50. The SMILES string of the molecule is COc1[c-]cc(Cc2ccccc2)cc1OC.[Li+]. The molecule has 0 aliphatic carbocycles. The Labute approximate surface area is 120 Å². The van der Waals surface area contributed by atoms with Gasteiger partial charge >= 0.3 is 18.9 Å². The second-order valence-electron chi connectivity index (χ2n) is 3.77. The molecule has 0 radical (unpaired) electrons. The molecule has 0 aliphatic rings. The van der Waals surface area contributed by atoms with Gasteiger partial charge in [0, 0.05) is 11.5 Å². The summed E-state index contributed by atoms with van der Waals surface area (Å²) in [6.45, 7) is 0. The minimum absolute atomic E-state index is 0. The molecule has 0 bridgehead atoms. The second-order valence-corrected chi connectivity index (χ2v) is 3.77. The second kappa shape index (κ2) is 7.16. The van der Waals surface area contributed by atoms with Crippen molar-refractivity contribution >= 4 is 0 Å². The molecule has 0 saturated carbocycles. The molecule has 0 heterocycles. The molecule has 0 saturated heterocycles. The van der Waals surface area contributed by atoms with Crippen molar-refractivity contribution in [3.63, 3.8) is 0 Å². The third-order valence-corrected chi connectivity index (χ3v) is 2.60. The molecule has 3 heteroatoms. The fourth-order valence-electron chi connectivity index (χ4n) is 1.75. The Balaban J connectivity index is 0.00000162. The van der Waals surface area contributed by atoms with Crippen molar-refractivity contribution in [3.05, 3.63) is 59.7 Å². The maximum absolute atomic E-state index is 5.26. The molecule has 0 unspecified atom stereocenters. The fourth-order valence-corrected chi connectivity index (χ4v) is 1.75. The van der Waals surface area contributed by atoms with Gasteiger partial charge in [-0.15, -0.1) is 17.7 Å². The van der Waals surface area contributed by atoms with Crippen LogP contribution in [-0.2, 0) is 6.42 Å². The van der Waals surface area contributed by atoms with Crippen LogP contribution in [0.1, 0.15) is 11.1 Å². The van der Waals surface area contributed by atoms with Gasteiger partial charge in [0.15, 0.2) is 0 Å². The average Bonchev–Trinajstić information content (AvgIpc) is 2.40. The predicted octanol–water partition coefficient (Wildman–Crippen LogP) is 0.0988. The third kappa shape index (κ3) is 3.56. The van der Waals surface area contributed by atoms with Crippen molar-refractivity contribution in [2.24, 2.45) is 0 Å².